The van der Waals surface area contributed by atoms with E-state index in [9.17, 15) is 22.4 Å². The molecule has 3 rings (SSSR count). The fraction of sp³-hybridized carbons (Fsp3) is 0.286. The Morgan fingerprint density at radius 1 is 0.974 bits per heavy atom. The van der Waals surface area contributed by atoms with Crippen LogP contribution in [0, 0.1) is 5.82 Å². The van der Waals surface area contributed by atoms with E-state index in [1.807, 2.05) is 30.3 Å². The van der Waals surface area contributed by atoms with Crippen molar-refractivity contribution in [2.45, 2.75) is 25.9 Å². The lowest BCUT2D eigenvalue weighted by Crippen LogP contribution is -2.53. The molecule has 0 bridgehead atoms. The molecule has 1 N–H and O–H groups in total. The van der Waals surface area contributed by atoms with Gasteiger partial charge in [0.2, 0.25) is 21.8 Å². The number of ether oxygens (including phenoxy) is 1. The number of amides is 2. The first-order valence-corrected chi connectivity index (χ1v) is 13.9. The van der Waals surface area contributed by atoms with E-state index < -0.39 is 34.3 Å². The number of nitrogens with zero attached hydrogens (tertiary/aromatic N) is 2. The minimum absolute atomic E-state index is 0.0243. The normalized spacial score (nSPS) is 11.9. The standard InChI is InChI=1S/C28H32FN3O5S/c1-4-30-28(34)26(17-21-9-6-5-7-10-21)31(19-22-13-15-23(29)16-14-22)27(33)20-32(38(3,35)36)24-11-8-12-25(18-24)37-2/h5-16,18,26H,4,17,19-20H2,1-3H3,(H,30,34)/t26-/m1/s1. The van der Waals surface area contributed by atoms with Crippen molar-refractivity contribution < 1.29 is 27.1 Å². The summed E-state index contributed by atoms with van der Waals surface area (Å²) in [4.78, 5) is 28.5. The van der Waals surface area contributed by atoms with Gasteiger partial charge in [-0.3, -0.25) is 13.9 Å². The molecule has 38 heavy (non-hydrogen) atoms. The van der Waals surface area contributed by atoms with Gasteiger partial charge < -0.3 is 15.0 Å². The summed E-state index contributed by atoms with van der Waals surface area (Å²) < 4.78 is 45.3. The van der Waals surface area contributed by atoms with Gasteiger partial charge in [0.25, 0.3) is 0 Å². The zero-order chi connectivity index (χ0) is 27.7. The van der Waals surface area contributed by atoms with E-state index >= 15 is 0 Å². The van der Waals surface area contributed by atoms with Gasteiger partial charge in [-0.25, -0.2) is 12.8 Å². The molecule has 0 fully saturated rings. The van der Waals surface area contributed by atoms with Crippen molar-refractivity contribution in [3.8, 4) is 5.75 Å². The zero-order valence-electron chi connectivity index (χ0n) is 21.6. The van der Waals surface area contributed by atoms with Crippen LogP contribution in [0.4, 0.5) is 10.1 Å². The Morgan fingerprint density at radius 3 is 2.26 bits per heavy atom. The smallest absolute Gasteiger partial charge is 0.244 e. The molecule has 0 heterocycles. The highest BCUT2D eigenvalue weighted by atomic mass is 32.2. The highest BCUT2D eigenvalue weighted by molar-refractivity contribution is 7.92. The van der Waals surface area contributed by atoms with Crippen molar-refractivity contribution in [3.05, 3.63) is 95.8 Å². The second-order valence-electron chi connectivity index (χ2n) is 8.72. The van der Waals surface area contributed by atoms with Gasteiger partial charge in [-0.05, 0) is 42.3 Å². The molecule has 0 unspecified atom stereocenters. The molecule has 8 nitrogen and oxygen atoms in total. The van der Waals surface area contributed by atoms with Crippen LogP contribution < -0.4 is 14.4 Å². The lowest BCUT2D eigenvalue weighted by Gasteiger charge is -2.33. The summed E-state index contributed by atoms with van der Waals surface area (Å²) in [5, 5.41) is 2.79. The molecular weight excluding hydrogens is 509 g/mol. The number of hydrogen-bond acceptors (Lipinski definition) is 5. The van der Waals surface area contributed by atoms with Crippen molar-refractivity contribution in [1.82, 2.24) is 10.2 Å². The summed E-state index contributed by atoms with van der Waals surface area (Å²) in [5.74, 6) is -0.970. The van der Waals surface area contributed by atoms with E-state index in [4.69, 9.17) is 4.74 Å². The average molecular weight is 542 g/mol. The van der Waals surface area contributed by atoms with Crippen LogP contribution in [0.3, 0.4) is 0 Å². The summed E-state index contributed by atoms with van der Waals surface area (Å²) in [6.45, 7) is 1.56. The van der Waals surface area contributed by atoms with Crippen LogP contribution in [0.25, 0.3) is 0 Å². The predicted octanol–water partition coefficient (Wildman–Crippen LogP) is 3.38. The van der Waals surface area contributed by atoms with Crippen molar-refractivity contribution in [2.75, 3.05) is 30.8 Å². The number of nitrogens with one attached hydrogen (secondary N) is 1. The molecule has 0 aliphatic rings. The lowest BCUT2D eigenvalue weighted by molar-refractivity contribution is -0.140. The molecule has 0 aromatic heterocycles. The third kappa shape index (κ3) is 7.79. The predicted molar refractivity (Wildman–Crippen MR) is 145 cm³/mol. The monoisotopic (exact) mass is 541 g/mol. The highest BCUT2D eigenvalue weighted by Crippen LogP contribution is 2.24. The van der Waals surface area contributed by atoms with Gasteiger partial charge in [-0.2, -0.15) is 0 Å². The summed E-state index contributed by atoms with van der Waals surface area (Å²) in [5.41, 5.74) is 1.67. The molecule has 0 aliphatic heterocycles. The van der Waals surface area contributed by atoms with Crippen LogP contribution in [-0.2, 0) is 32.6 Å². The number of halogens is 1. The molecule has 10 heteroatoms. The van der Waals surface area contributed by atoms with E-state index in [1.165, 1.54) is 42.3 Å². The number of anilines is 1. The van der Waals surface area contributed by atoms with Crippen LogP contribution in [0.1, 0.15) is 18.1 Å². The number of carbonyl (C=O) groups is 2. The quantitative estimate of drug-likeness (QED) is 0.379. The van der Waals surface area contributed by atoms with E-state index in [0.717, 1.165) is 16.1 Å². The maximum Gasteiger partial charge on any atom is 0.244 e. The Bertz CT molecular complexity index is 1330. The Labute approximate surface area is 223 Å². The second kappa shape index (κ2) is 13.0. The second-order valence-corrected chi connectivity index (χ2v) is 10.6. The van der Waals surface area contributed by atoms with E-state index in [2.05, 4.69) is 5.32 Å². The Morgan fingerprint density at radius 2 is 1.66 bits per heavy atom. The molecule has 0 radical (unpaired) electrons. The number of methoxy groups -OCH3 is 1. The Balaban J connectivity index is 2.03. The maximum atomic E-state index is 13.9. The first kappa shape index (κ1) is 28.6. The molecule has 2 amide bonds. The van der Waals surface area contributed by atoms with Gasteiger partial charge in [-0.15, -0.1) is 0 Å². The number of hydrogen-bond donors (Lipinski definition) is 1. The van der Waals surface area contributed by atoms with Gasteiger partial charge in [-0.1, -0.05) is 48.5 Å². The van der Waals surface area contributed by atoms with Crippen LogP contribution in [0.5, 0.6) is 5.75 Å². The largest absolute Gasteiger partial charge is 0.497 e. The maximum absolute atomic E-state index is 13.9. The molecule has 1 atom stereocenters. The van der Waals surface area contributed by atoms with E-state index in [-0.39, 0.29) is 24.6 Å². The minimum Gasteiger partial charge on any atom is -0.497 e. The number of rotatable bonds is 12. The number of benzene rings is 3. The summed E-state index contributed by atoms with van der Waals surface area (Å²) in [7, 11) is -2.43. The van der Waals surface area contributed by atoms with Crippen LogP contribution >= 0.6 is 0 Å². The third-order valence-corrected chi connectivity index (χ3v) is 7.05. The van der Waals surface area contributed by atoms with Crippen molar-refractivity contribution in [3.63, 3.8) is 0 Å². The van der Waals surface area contributed by atoms with Crippen LogP contribution in [0.2, 0.25) is 0 Å². The molecule has 0 aliphatic carbocycles. The first-order chi connectivity index (χ1) is 18.1. The molecule has 3 aromatic carbocycles. The highest BCUT2D eigenvalue weighted by Gasteiger charge is 2.32. The minimum atomic E-state index is -3.88. The van der Waals surface area contributed by atoms with Gasteiger partial charge >= 0.3 is 0 Å². The van der Waals surface area contributed by atoms with Crippen LogP contribution in [0.15, 0.2) is 78.9 Å². The lowest BCUT2D eigenvalue weighted by atomic mass is 10.0. The Kier molecular flexibility index (Phi) is 9.84. The molecule has 3 aromatic rings. The number of carbonyl (C=O) groups excluding carboxylic acids is 2. The molecule has 0 spiro atoms. The fourth-order valence-electron chi connectivity index (χ4n) is 4.01. The third-order valence-electron chi connectivity index (χ3n) is 5.91. The topological polar surface area (TPSA) is 96.0 Å². The molecular formula is C28H32FN3O5S. The summed E-state index contributed by atoms with van der Waals surface area (Å²) in [6.07, 6.45) is 1.22. The number of sulfonamides is 1. The SMILES string of the molecule is CCNC(=O)[C@@H](Cc1ccccc1)N(Cc1ccc(F)cc1)C(=O)CN(c1cccc(OC)c1)S(C)(=O)=O. The van der Waals surface area contributed by atoms with E-state index in [1.54, 1.807) is 25.1 Å². The molecule has 0 saturated carbocycles. The number of likely N-dealkylation sites (N-methyl/N-ethyl adjacent to an activating group) is 1. The van der Waals surface area contributed by atoms with Gasteiger partial charge in [0.05, 0.1) is 19.1 Å². The summed E-state index contributed by atoms with van der Waals surface area (Å²) >= 11 is 0. The van der Waals surface area contributed by atoms with Crippen LogP contribution in [-0.4, -0.2) is 57.6 Å². The zero-order valence-corrected chi connectivity index (χ0v) is 22.4. The Hall–Kier alpha value is -3.92. The average Bonchev–Trinajstić information content (AvgIpc) is 2.90. The first-order valence-electron chi connectivity index (χ1n) is 12.1. The van der Waals surface area contributed by atoms with Gasteiger partial charge in [0.15, 0.2) is 0 Å². The van der Waals surface area contributed by atoms with Crippen molar-refractivity contribution in [2.24, 2.45) is 0 Å². The van der Waals surface area contributed by atoms with Gasteiger partial charge in [0, 0.05) is 25.6 Å². The molecule has 202 valence electrons. The van der Waals surface area contributed by atoms with Crippen molar-refractivity contribution in [1.29, 1.82) is 0 Å². The van der Waals surface area contributed by atoms with Crippen molar-refractivity contribution >= 4 is 27.5 Å². The van der Waals surface area contributed by atoms with Gasteiger partial charge in [0.1, 0.15) is 24.2 Å². The summed E-state index contributed by atoms with van der Waals surface area (Å²) in [6, 6.07) is 20.3. The van der Waals surface area contributed by atoms with E-state index in [0.29, 0.717) is 17.9 Å². The molecule has 0 saturated heterocycles. The fourth-order valence-corrected chi connectivity index (χ4v) is 4.85.